The summed E-state index contributed by atoms with van der Waals surface area (Å²) < 4.78 is 0. The Balaban J connectivity index is 1.42. The van der Waals surface area contributed by atoms with Gasteiger partial charge in [0.05, 0.1) is 0 Å². The van der Waals surface area contributed by atoms with Crippen LogP contribution in [0.15, 0.2) is 0 Å². The smallest absolute Gasteiger partial charge is 0.222 e. The third-order valence-corrected chi connectivity index (χ3v) is 5.00. The summed E-state index contributed by atoms with van der Waals surface area (Å²) in [5.41, 5.74) is 0. The zero-order valence-corrected chi connectivity index (χ0v) is 14.6. The molecule has 2 rings (SSSR count). The summed E-state index contributed by atoms with van der Waals surface area (Å²) >= 11 is 0. The fourth-order valence-electron chi connectivity index (χ4n) is 3.10. The Hall–Kier alpha value is -1.59. The lowest BCUT2D eigenvalue weighted by molar-refractivity contribution is -0.133. The molecule has 1 heterocycles. The van der Waals surface area contributed by atoms with Gasteiger partial charge in [0.1, 0.15) is 0 Å². The second-order valence-electron chi connectivity index (χ2n) is 7.00. The second kappa shape index (κ2) is 10.3. The maximum atomic E-state index is 11.8. The van der Waals surface area contributed by atoms with Crippen LogP contribution in [0.1, 0.15) is 64.2 Å². The number of unbranched alkanes of at least 4 members (excludes halogenated alkanes) is 1. The van der Waals surface area contributed by atoms with Gasteiger partial charge in [-0.3, -0.25) is 14.4 Å². The van der Waals surface area contributed by atoms with Crippen LogP contribution in [0, 0.1) is 5.92 Å². The summed E-state index contributed by atoms with van der Waals surface area (Å²) in [7, 11) is 0. The molecule has 1 saturated heterocycles. The molecule has 0 radical (unpaired) electrons. The number of nitrogens with zero attached hydrogens (tertiary/aromatic N) is 1. The van der Waals surface area contributed by atoms with Crippen LogP contribution in [0.4, 0.5) is 0 Å². The molecule has 2 N–H and O–H groups in total. The van der Waals surface area contributed by atoms with E-state index in [-0.39, 0.29) is 17.7 Å². The molecule has 3 amide bonds. The third kappa shape index (κ3) is 6.89. The van der Waals surface area contributed by atoms with Gasteiger partial charge < -0.3 is 15.5 Å². The molecule has 6 heteroatoms. The normalized spacial score (nSPS) is 18.2. The molecule has 0 bridgehead atoms. The summed E-state index contributed by atoms with van der Waals surface area (Å²) in [6.45, 7) is 2.73. The lowest BCUT2D eigenvalue weighted by Gasteiger charge is -2.26. The molecule has 24 heavy (non-hydrogen) atoms. The molecular weight excluding hydrogens is 306 g/mol. The molecule has 2 aliphatic rings. The number of hydrogen-bond acceptors (Lipinski definition) is 3. The third-order valence-electron chi connectivity index (χ3n) is 5.00. The van der Waals surface area contributed by atoms with E-state index in [4.69, 9.17) is 0 Å². The fourth-order valence-corrected chi connectivity index (χ4v) is 3.10. The molecule has 0 aromatic carbocycles. The molecule has 0 unspecified atom stereocenters. The Kier molecular flexibility index (Phi) is 8.05. The summed E-state index contributed by atoms with van der Waals surface area (Å²) in [6.07, 6.45) is 8.91. The molecule has 0 atom stereocenters. The number of nitrogens with one attached hydrogen (secondary N) is 2. The number of piperidine rings is 1. The van der Waals surface area contributed by atoms with Crippen molar-refractivity contribution >= 4 is 17.7 Å². The van der Waals surface area contributed by atoms with Crippen LogP contribution in [-0.4, -0.2) is 48.8 Å². The van der Waals surface area contributed by atoms with Crippen LogP contribution in [0.5, 0.6) is 0 Å². The summed E-state index contributed by atoms with van der Waals surface area (Å²) in [4.78, 5) is 36.9. The lowest BCUT2D eigenvalue weighted by Crippen LogP contribution is -2.38. The van der Waals surface area contributed by atoms with Gasteiger partial charge in [0.25, 0.3) is 0 Å². The van der Waals surface area contributed by atoms with Crippen molar-refractivity contribution in [1.82, 2.24) is 15.5 Å². The molecule has 136 valence electrons. The monoisotopic (exact) mass is 337 g/mol. The first kappa shape index (κ1) is 18.7. The lowest BCUT2D eigenvalue weighted by atomic mass is 9.85. The number of likely N-dealkylation sites (tertiary alicyclic amines) is 1. The van der Waals surface area contributed by atoms with Crippen molar-refractivity contribution in [3.63, 3.8) is 0 Å². The maximum absolute atomic E-state index is 11.8. The van der Waals surface area contributed by atoms with Gasteiger partial charge in [0.2, 0.25) is 17.7 Å². The van der Waals surface area contributed by atoms with E-state index >= 15 is 0 Å². The van der Waals surface area contributed by atoms with E-state index < -0.39 is 0 Å². The van der Waals surface area contributed by atoms with E-state index in [1.54, 1.807) is 4.90 Å². The Morgan fingerprint density at radius 3 is 2.50 bits per heavy atom. The molecule has 0 aromatic rings. The van der Waals surface area contributed by atoms with Crippen molar-refractivity contribution in [1.29, 1.82) is 0 Å². The minimum Gasteiger partial charge on any atom is -0.356 e. The number of carbonyl (C=O) groups is 3. The Bertz CT molecular complexity index is 435. The predicted octanol–water partition coefficient (Wildman–Crippen LogP) is 1.59. The number of hydrogen-bond donors (Lipinski definition) is 2. The first-order chi connectivity index (χ1) is 11.6. The topological polar surface area (TPSA) is 78.5 Å². The van der Waals surface area contributed by atoms with Crippen LogP contribution in [-0.2, 0) is 14.4 Å². The Morgan fingerprint density at radius 2 is 1.79 bits per heavy atom. The van der Waals surface area contributed by atoms with Gasteiger partial charge in [-0.1, -0.05) is 6.42 Å². The molecule has 1 aliphatic carbocycles. The number of rotatable bonds is 10. The zero-order chi connectivity index (χ0) is 17.2. The van der Waals surface area contributed by atoms with E-state index in [2.05, 4.69) is 10.6 Å². The highest BCUT2D eigenvalue weighted by Gasteiger charge is 2.19. The molecule has 6 nitrogen and oxygen atoms in total. The highest BCUT2D eigenvalue weighted by molar-refractivity contribution is 5.79. The number of carbonyl (C=O) groups excluding carboxylic acids is 3. The van der Waals surface area contributed by atoms with Crippen molar-refractivity contribution in [2.24, 2.45) is 5.92 Å². The van der Waals surface area contributed by atoms with Crippen LogP contribution in [0.2, 0.25) is 0 Å². The largest absolute Gasteiger partial charge is 0.356 e. The maximum Gasteiger partial charge on any atom is 0.222 e. The second-order valence-corrected chi connectivity index (χ2v) is 7.00. The minimum atomic E-state index is -0.0113. The SMILES string of the molecule is O=C(CCN1CCCCC1=O)NCCCCC(=O)NCC1CCC1. The van der Waals surface area contributed by atoms with Crippen molar-refractivity contribution in [2.45, 2.75) is 64.2 Å². The van der Waals surface area contributed by atoms with Crippen LogP contribution >= 0.6 is 0 Å². The average Bonchev–Trinajstić information content (AvgIpc) is 2.52. The quantitative estimate of drug-likeness (QED) is 0.594. The average molecular weight is 337 g/mol. The van der Waals surface area contributed by atoms with E-state index in [9.17, 15) is 14.4 Å². The first-order valence-electron chi connectivity index (χ1n) is 9.46. The molecule has 2 fully saturated rings. The molecule has 1 saturated carbocycles. The van der Waals surface area contributed by atoms with Gasteiger partial charge in [-0.15, -0.1) is 0 Å². The van der Waals surface area contributed by atoms with Gasteiger partial charge in [-0.2, -0.15) is 0 Å². The van der Waals surface area contributed by atoms with Crippen LogP contribution in [0.3, 0.4) is 0 Å². The van der Waals surface area contributed by atoms with E-state index in [0.717, 1.165) is 38.8 Å². The zero-order valence-electron chi connectivity index (χ0n) is 14.6. The van der Waals surface area contributed by atoms with Crippen molar-refractivity contribution in [3.05, 3.63) is 0 Å². The van der Waals surface area contributed by atoms with E-state index in [1.165, 1.54) is 19.3 Å². The molecular formula is C18H31N3O3. The Labute approximate surface area is 144 Å². The van der Waals surface area contributed by atoms with Gasteiger partial charge in [-0.25, -0.2) is 0 Å². The van der Waals surface area contributed by atoms with Crippen LogP contribution < -0.4 is 10.6 Å². The summed E-state index contributed by atoms with van der Waals surface area (Å²) in [5.74, 6) is 0.974. The van der Waals surface area contributed by atoms with Gasteiger partial charge in [0, 0.05) is 45.4 Å². The van der Waals surface area contributed by atoms with Gasteiger partial charge in [-0.05, 0) is 44.4 Å². The molecule has 1 aliphatic heterocycles. The van der Waals surface area contributed by atoms with Crippen LogP contribution in [0.25, 0.3) is 0 Å². The highest BCUT2D eigenvalue weighted by Crippen LogP contribution is 2.25. The highest BCUT2D eigenvalue weighted by atomic mass is 16.2. The van der Waals surface area contributed by atoms with Crippen molar-refractivity contribution < 1.29 is 14.4 Å². The van der Waals surface area contributed by atoms with E-state index in [0.29, 0.717) is 38.3 Å². The van der Waals surface area contributed by atoms with Crippen molar-refractivity contribution in [3.8, 4) is 0 Å². The first-order valence-corrected chi connectivity index (χ1v) is 9.46. The van der Waals surface area contributed by atoms with Crippen molar-refractivity contribution in [2.75, 3.05) is 26.2 Å². The predicted molar refractivity (Wildman–Crippen MR) is 92.3 cm³/mol. The standard InChI is InChI=1S/C18H31N3O3/c22-16(20-14-15-6-5-7-15)8-1-3-11-19-17(23)10-13-21-12-4-2-9-18(21)24/h15H,1-14H2,(H,19,23)(H,20,22). The molecule has 0 aromatic heterocycles. The minimum absolute atomic E-state index is 0.0113. The number of amides is 3. The summed E-state index contributed by atoms with van der Waals surface area (Å²) in [5, 5.41) is 5.85. The van der Waals surface area contributed by atoms with Gasteiger partial charge >= 0.3 is 0 Å². The summed E-state index contributed by atoms with van der Waals surface area (Å²) in [6, 6.07) is 0. The fraction of sp³-hybridized carbons (Fsp3) is 0.833. The molecule has 0 spiro atoms. The van der Waals surface area contributed by atoms with E-state index in [1.807, 2.05) is 0 Å². The van der Waals surface area contributed by atoms with Gasteiger partial charge in [0.15, 0.2) is 0 Å². The Morgan fingerprint density at radius 1 is 1.00 bits per heavy atom.